The van der Waals surface area contributed by atoms with Crippen molar-refractivity contribution in [1.82, 2.24) is 0 Å². The normalized spacial score (nSPS) is 12.0. The van der Waals surface area contributed by atoms with Gasteiger partial charge >= 0.3 is 5.97 Å². The van der Waals surface area contributed by atoms with Crippen molar-refractivity contribution in [1.29, 1.82) is 0 Å². The highest BCUT2D eigenvalue weighted by Gasteiger charge is 2.20. The summed E-state index contributed by atoms with van der Waals surface area (Å²) < 4.78 is 0. The molecule has 1 heterocycles. The van der Waals surface area contributed by atoms with Crippen molar-refractivity contribution >= 4 is 23.0 Å². The molecule has 0 aliphatic heterocycles. The van der Waals surface area contributed by atoms with Crippen LogP contribution in [0.2, 0.25) is 0 Å². The van der Waals surface area contributed by atoms with Gasteiger partial charge in [0, 0.05) is 10.6 Å². The Labute approximate surface area is 97.4 Å². The summed E-state index contributed by atoms with van der Waals surface area (Å²) in [5.74, 6) is -0.869. The van der Waals surface area contributed by atoms with E-state index in [4.69, 9.17) is 5.11 Å². The predicted octanol–water partition coefficient (Wildman–Crippen LogP) is 2.99. The Kier molecular flexibility index (Phi) is 3.22. The zero-order valence-corrected chi connectivity index (χ0v) is 9.28. The van der Waals surface area contributed by atoms with Crippen LogP contribution in [0.4, 0.5) is 5.69 Å². The molecule has 2 aromatic rings. The van der Waals surface area contributed by atoms with Crippen molar-refractivity contribution < 1.29 is 9.90 Å². The zero-order valence-electron chi connectivity index (χ0n) is 8.46. The number of para-hydroxylation sites is 1. The van der Waals surface area contributed by atoms with E-state index in [0.29, 0.717) is 0 Å². The van der Waals surface area contributed by atoms with E-state index in [-0.39, 0.29) is 0 Å². The third-order valence-corrected chi connectivity index (χ3v) is 3.10. The molecule has 0 aliphatic carbocycles. The Hall–Kier alpha value is -1.81. The third-order valence-electron chi connectivity index (χ3n) is 2.16. The van der Waals surface area contributed by atoms with Crippen LogP contribution in [0.25, 0.3) is 0 Å². The second-order valence-electron chi connectivity index (χ2n) is 3.30. The molecule has 0 amide bonds. The van der Waals surface area contributed by atoms with Crippen LogP contribution in [0.5, 0.6) is 0 Å². The average molecular weight is 233 g/mol. The molecule has 1 aromatic heterocycles. The summed E-state index contributed by atoms with van der Waals surface area (Å²) in [6.45, 7) is 0. The molecule has 4 heteroatoms. The molecule has 0 radical (unpaired) electrons. The van der Waals surface area contributed by atoms with Crippen molar-refractivity contribution in [2.24, 2.45) is 0 Å². The lowest BCUT2D eigenvalue weighted by atomic mass is 10.2. The lowest BCUT2D eigenvalue weighted by Gasteiger charge is -2.13. The number of carboxylic acid groups (broad SMARTS) is 1. The first kappa shape index (κ1) is 10.7. The zero-order chi connectivity index (χ0) is 11.4. The summed E-state index contributed by atoms with van der Waals surface area (Å²) in [5.41, 5.74) is 0.809. The second kappa shape index (κ2) is 4.81. The summed E-state index contributed by atoms with van der Waals surface area (Å²) >= 11 is 1.44. The number of hydrogen-bond acceptors (Lipinski definition) is 3. The van der Waals surface area contributed by atoms with E-state index in [9.17, 15) is 4.79 Å². The van der Waals surface area contributed by atoms with E-state index in [1.807, 2.05) is 47.8 Å². The molecular weight excluding hydrogens is 222 g/mol. The first-order valence-electron chi connectivity index (χ1n) is 4.85. The summed E-state index contributed by atoms with van der Waals surface area (Å²) in [6, 6.07) is 12.3. The number of carboxylic acids is 1. The molecule has 16 heavy (non-hydrogen) atoms. The molecule has 0 saturated heterocycles. The molecule has 0 unspecified atom stereocenters. The summed E-state index contributed by atoms with van der Waals surface area (Å²) in [7, 11) is 0. The van der Waals surface area contributed by atoms with Crippen LogP contribution in [-0.4, -0.2) is 11.1 Å². The van der Waals surface area contributed by atoms with Crippen molar-refractivity contribution in [2.75, 3.05) is 5.32 Å². The Morgan fingerprint density at radius 1 is 1.19 bits per heavy atom. The predicted molar refractivity (Wildman–Crippen MR) is 64.8 cm³/mol. The summed E-state index contributed by atoms with van der Waals surface area (Å²) in [6.07, 6.45) is 0. The Balaban J connectivity index is 2.19. The van der Waals surface area contributed by atoms with E-state index < -0.39 is 12.0 Å². The van der Waals surface area contributed by atoms with Gasteiger partial charge in [-0.2, -0.15) is 0 Å². The van der Waals surface area contributed by atoms with E-state index in [2.05, 4.69) is 5.32 Å². The number of rotatable bonds is 4. The first-order valence-corrected chi connectivity index (χ1v) is 5.73. The van der Waals surface area contributed by atoms with Crippen LogP contribution in [0, 0.1) is 0 Å². The lowest BCUT2D eigenvalue weighted by molar-refractivity contribution is -0.138. The maximum atomic E-state index is 11.1. The van der Waals surface area contributed by atoms with Gasteiger partial charge in [0.25, 0.3) is 0 Å². The number of aliphatic carboxylic acids is 1. The fourth-order valence-electron chi connectivity index (χ4n) is 1.41. The molecule has 0 aliphatic rings. The minimum atomic E-state index is -0.869. The van der Waals surface area contributed by atoms with E-state index in [1.54, 1.807) is 0 Å². The number of carbonyl (C=O) groups is 1. The van der Waals surface area contributed by atoms with E-state index in [1.165, 1.54) is 11.3 Å². The maximum absolute atomic E-state index is 11.1. The van der Waals surface area contributed by atoms with Crippen LogP contribution in [0.1, 0.15) is 10.9 Å². The molecule has 2 rings (SSSR count). The lowest BCUT2D eigenvalue weighted by Crippen LogP contribution is -2.19. The maximum Gasteiger partial charge on any atom is 0.331 e. The standard InChI is InChI=1S/C12H11NO2S/c14-12(15)11(10-7-4-8-16-10)13-9-5-2-1-3-6-9/h1-8,11,13H,(H,14,15)/t11-/m1/s1. The minimum absolute atomic E-state index is 0.678. The summed E-state index contributed by atoms with van der Waals surface area (Å²) in [4.78, 5) is 11.9. The first-order chi connectivity index (χ1) is 7.77. The van der Waals surface area contributed by atoms with Crippen LogP contribution < -0.4 is 5.32 Å². The van der Waals surface area contributed by atoms with Gasteiger partial charge in [-0.05, 0) is 23.6 Å². The molecule has 0 fully saturated rings. The Morgan fingerprint density at radius 2 is 1.94 bits per heavy atom. The van der Waals surface area contributed by atoms with Gasteiger partial charge in [-0.25, -0.2) is 4.79 Å². The van der Waals surface area contributed by atoms with Crippen LogP contribution in [-0.2, 0) is 4.79 Å². The topological polar surface area (TPSA) is 49.3 Å². The Bertz CT molecular complexity index is 453. The second-order valence-corrected chi connectivity index (χ2v) is 4.28. The number of anilines is 1. The largest absolute Gasteiger partial charge is 0.479 e. The minimum Gasteiger partial charge on any atom is -0.479 e. The molecule has 0 saturated carbocycles. The highest BCUT2D eigenvalue weighted by molar-refractivity contribution is 7.10. The number of hydrogen-bond donors (Lipinski definition) is 2. The smallest absolute Gasteiger partial charge is 0.331 e. The van der Waals surface area contributed by atoms with Gasteiger partial charge in [-0.3, -0.25) is 0 Å². The highest BCUT2D eigenvalue weighted by Crippen LogP contribution is 2.23. The van der Waals surface area contributed by atoms with Crippen molar-refractivity contribution in [3.8, 4) is 0 Å². The van der Waals surface area contributed by atoms with Crippen molar-refractivity contribution in [3.05, 3.63) is 52.7 Å². The SMILES string of the molecule is O=C(O)[C@H](Nc1ccccc1)c1cccs1. The number of nitrogens with one attached hydrogen (secondary N) is 1. The quantitative estimate of drug-likeness (QED) is 0.853. The van der Waals surface area contributed by atoms with Gasteiger partial charge in [0.05, 0.1) is 0 Å². The monoisotopic (exact) mass is 233 g/mol. The molecule has 3 nitrogen and oxygen atoms in total. The number of benzene rings is 1. The molecule has 0 bridgehead atoms. The van der Waals surface area contributed by atoms with Crippen LogP contribution in [0.15, 0.2) is 47.8 Å². The van der Waals surface area contributed by atoms with Gasteiger partial charge < -0.3 is 10.4 Å². The van der Waals surface area contributed by atoms with Gasteiger partial charge in [-0.15, -0.1) is 11.3 Å². The van der Waals surface area contributed by atoms with Crippen LogP contribution >= 0.6 is 11.3 Å². The van der Waals surface area contributed by atoms with Crippen LogP contribution in [0.3, 0.4) is 0 Å². The fourth-order valence-corrected chi connectivity index (χ4v) is 2.18. The summed E-state index contributed by atoms with van der Waals surface area (Å²) in [5, 5.41) is 14.0. The number of thiophene rings is 1. The van der Waals surface area contributed by atoms with Crippen molar-refractivity contribution in [3.63, 3.8) is 0 Å². The molecule has 2 N–H and O–H groups in total. The van der Waals surface area contributed by atoms with E-state index in [0.717, 1.165) is 10.6 Å². The van der Waals surface area contributed by atoms with Gasteiger partial charge in [0.2, 0.25) is 0 Å². The van der Waals surface area contributed by atoms with Gasteiger partial charge in [-0.1, -0.05) is 24.3 Å². The van der Waals surface area contributed by atoms with Crippen molar-refractivity contribution in [2.45, 2.75) is 6.04 Å². The Morgan fingerprint density at radius 3 is 2.50 bits per heavy atom. The van der Waals surface area contributed by atoms with Gasteiger partial charge in [0.1, 0.15) is 0 Å². The van der Waals surface area contributed by atoms with Gasteiger partial charge in [0.15, 0.2) is 6.04 Å². The molecule has 82 valence electrons. The molecule has 0 spiro atoms. The molecule has 1 aromatic carbocycles. The molecule has 1 atom stereocenters. The average Bonchev–Trinajstić information content (AvgIpc) is 2.80. The molecular formula is C12H11NO2S. The van der Waals surface area contributed by atoms with E-state index >= 15 is 0 Å². The third kappa shape index (κ3) is 2.41. The highest BCUT2D eigenvalue weighted by atomic mass is 32.1. The fraction of sp³-hybridized carbons (Fsp3) is 0.0833.